The number of carbonyl (C=O) groups is 1. The van der Waals surface area contributed by atoms with Gasteiger partial charge in [-0.2, -0.15) is 4.68 Å². The van der Waals surface area contributed by atoms with Crippen LogP contribution in [0.25, 0.3) is 0 Å². The molecule has 0 aliphatic rings. The highest BCUT2D eigenvalue weighted by atomic mass is 79.9. The second-order valence-electron chi connectivity index (χ2n) is 3.64. The zero-order valence-corrected chi connectivity index (χ0v) is 12.3. The number of nitrogens with zero attached hydrogens (tertiary/aromatic N) is 4. The Balaban J connectivity index is 2.16. The highest BCUT2D eigenvalue weighted by molar-refractivity contribution is 9.10. The fourth-order valence-electron chi connectivity index (χ4n) is 1.42. The van der Waals surface area contributed by atoms with Crippen molar-refractivity contribution in [3.8, 4) is 0 Å². The molecule has 0 saturated heterocycles. The minimum Gasteiger partial charge on any atom is -0.390 e. The first-order valence-corrected chi connectivity index (χ1v) is 6.99. The van der Waals surface area contributed by atoms with E-state index in [0.29, 0.717) is 4.88 Å². The average molecular weight is 345 g/mol. The van der Waals surface area contributed by atoms with E-state index in [1.54, 1.807) is 6.07 Å². The number of nitro groups is 1. The van der Waals surface area contributed by atoms with E-state index >= 15 is 0 Å². The summed E-state index contributed by atoms with van der Waals surface area (Å²) in [5.41, 5.74) is 0. The summed E-state index contributed by atoms with van der Waals surface area (Å²) in [4.78, 5) is 27.2. The zero-order valence-electron chi connectivity index (χ0n) is 9.87. The molecule has 0 bridgehead atoms. The molecule has 2 heterocycles. The summed E-state index contributed by atoms with van der Waals surface area (Å²) in [6, 6.07) is 3.65. The largest absolute Gasteiger partial charge is 0.492 e. The molecular weight excluding hydrogens is 336 g/mol. The number of Topliss-reactive ketones (excluding diaryl/α,β-unsaturated/α-hetero) is 1. The van der Waals surface area contributed by atoms with Gasteiger partial charge < -0.3 is 10.1 Å². The van der Waals surface area contributed by atoms with Gasteiger partial charge in [0.15, 0.2) is 5.78 Å². The lowest BCUT2D eigenvalue weighted by molar-refractivity contribution is -0.394. The lowest BCUT2D eigenvalue weighted by atomic mass is 10.3. The maximum Gasteiger partial charge on any atom is 0.492 e. The van der Waals surface area contributed by atoms with Crippen molar-refractivity contribution in [1.82, 2.24) is 14.8 Å². The molecule has 9 heteroatoms. The molecule has 0 saturated carbocycles. The fraction of sp³-hybridized carbons (Fsp3) is 0.300. The predicted molar refractivity (Wildman–Crippen MR) is 72.4 cm³/mol. The monoisotopic (exact) mass is 344 g/mol. The second kappa shape index (κ2) is 5.57. The van der Waals surface area contributed by atoms with Crippen molar-refractivity contribution in [1.29, 1.82) is 0 Å². The second-order valence-corrected chi connectivity index (χ2v) is 5.52. The van der Waals surface area contributed by atoms with Crippen molar-refractivity contribution in [2.75, 3.05) is 0 Å². The number of halogens is 1. The van der Waals surface area contributed by atoms with E-state index in [2.05, 4.69) is 26.0 Å². The first-order valence-electron chi connectivity index (χ1n) is 5.38. The third kappa shape index (κ3) is 3.04. The van der Waals surface area contributed by atoms with E-state index in [1.807, 2.05) is 13.0 Å². The van der Waals surface area contributed by atoms with Gasteiger partial charge in [-0.05, 0) is 28.5 Å². The van der Waals surface area contributed by atoms with Crippen molar-refractivity contribution in [2.45, 2.75) is 19.9 Å². The molecule has 0 aromatic carbocycles. The van der Waals surface area contributed by atoms with Gasteiger partial charge >= 0.3 is 5.95 Å². The molecule has 0 radical (unpaired) electrons. The Morgan fingerprint density at radius 2 is 2.32 bits per heavy atom. The van der Waals surface area contributed by atoms with Crippen LogP contribution < -0.4 is 0 Å². The van der Waals surface area contributed by atoms with Crippen molar-refractivity contribution in [3.63, 3.8) is 0 Å². The number of rotatable bonds is 5. The quantitative estimate of drug-likeness (QED) is 0.472. The highest BCUT2D eigenvalue weighted by Crippen LogP contribution is 2.19. The molecule has 7 nitrogen and oxygen atoms in total. The van der Waals surface area contributed by atoms with Gasteiger partial charge in [0, 0.05) is 25.9 Å². The van der Waals surface area contributed by atoms with Gasteiger partial charge in [-0.25, -0.2) is 0 Å². The van der Waals surface area contributed by atoms with Crippen molar-refractivity contribution < 1.29 is 9.72 Å². The number of hydrogen-bond acceptors (Lipinski definition) is 6. The Morgan fingerprint density at radius 1 is 1.58 bits per heavy atom. The summed E-state index contributed by atoms with van der Waals surface area (Å²) in [6.45, 7) is 1.93. The molecule has 2 aromatic heterocycles. The van der Waals surface area contributed by atoms with Crippen LogP contribution in [0.1, 0.15) is 21.5 Å². The van der Waals surface area contributed by atoms with Crippen LogP contribution in [-0.4, -0.2) is 25.5 Å². The predicted octanol–water partition coefficient (Wildman–Crippen LogP) is 2.46. The minimum absolute atomic E-state index is 0.0783. The number of aromatic nitrogens is 3. The summed E-state index contributed by atoms with van der Waals surface area (Å²) in [5.74, 6) is -0.676. The molecule has 2 rings (SSSR count). The Bertz CT molecular complexity index is 637. The summed E-state index contributed by atoms with van der Waals surface area (Å²) >= 11 is 4.46. The Kier molecular flexibility index (Phi) is 4.05. The number of carbonyl (C=O) groups excluding carboxylic acids is 1. The first kappa shape index (κ1) is 13.8. The first-order chi connectivity index (χ1) is 9.01. The van der Waals surface area contributed by atoms with E-state index in [4.69, 9.17) is 0 Å². The van der Waals surface area contributed by atoms with Gasteiger partial charge in [-0.1, -0.05) is 6.92 Å². The Morgan fingerprint density at radius 3 is 2.84 bits per heavy atom. The van der Waals surface area contributed by atoms with Crippen molar-refractivity contribution in [3.05, 3.63) is 36.7 Å². The number of ketones is 1. The molecule has 100 valence electrons. The van der Waals surface area contributed by atoms with Crippen molar-refractivity contribution >= 4 is 39.0 Å². The van der Waals surface area contributed by atoms with E-state index in [0.717, 1.165) is 11.3 Å². The summed E-state index contributed by atoms with van der Waals surface area (Å²) in [7, 11) is 0. The summed E-state index contributed by atoms with van der Waals surface area (Å²) in [5, 5.41) is 14.2. The van der Waals surface area contributed by atoms with Gasteiger partial charge in [0.05, 0.1) is 4.88 Å². The maximum absolute atomic E-state index is 12.0. The van der Waals surface area contributed by atoms with Crippen LogP contribution in [0.2, 0.25) is 0 Å². The molecule has 0 aliphatic heterocycles. The molecule has 0 aliphatic carbocycles. The molecule has 0 spiro atoms. The highest BCUT2D eigenvalue weighted by Gasteiger charge is 2.22. The number of thiophene rings is 1. The molecule has 0 unspecified atom stereocenters. The third-order valence-electron chi connectivity index (χ3n) is 2.36. The van der Waals surface area contributed by atoms with Gasteiger partial charge in [0.2, 0.25) is 0 Å². The molecule has 0 N–H and O–H groups in total. The summed E-state index contributed by atoms with van der Waals surface area (Å²) < 4.78 is 1.34. The summed E-state index contributed by atoms with van der Waals surface area (Å²) in [6.07, 6.45) is 0.871. The molecular formula is C10H9BrN4O3S. The third-order valence-corrected chi connectivity index (χ3v) is 4.21. The van der Waals surface area contributed by atoms with Crippen LogP contribution in [0.5, 0.6) is 0 Å². The molecule has 2 aromatic rings. The maximum atomic E-state index is 12.0. The van der Waals surface area contributed by atoms with E-state index in [-0.39, 0.29) is 17.1 Å². The average Bonchev–Trinajstić information content (AvgIpc) is 2.97. The fourth-order valence-corrected chi connectivity index (χ4v) is 2.66. The van der Waals surface area contributed by atoms with E-state index < -0.39 is 10.9 Å². The lowest BCUT2D eigenvalue weighted by Gasteiger charge is -1.95. The zero-order chi connectivity index (χ0) is 14.0. The Hall–Kier alpha value is -1.61. The van der Waals surface area contributed by atoms with E-state index in [9.17, 15) is 14.9 Å². The number of aryl methyl sites for hydroxylation is 1. The standard InChI is InChI=1S/C10H9BrN4O3S/c1-2-6-3-4-8(19-6)7(16)5-14-9(11)12-10(13-14)15(17)18/h3-4H,2,5H2,1H3. The normalized spacial score (nSPS) is 10.6. The molecule has 0 atom stereocenters. The molecule has 0 amide bonds. The topological polar surface area (TPSA) is 90.9 Å². The minimum atomic E-state index is -0.702. The van der Waals surface area contributed by atoms with Crippen LogP contribution in [0.15, 0.2) is 16.9 Å². The Labute approximate surface area is 120 Å². The molecule has 19 heavy (non-hydrogen) atoms. The van der Waals surface area contributed by atoms with Gasteiger partial charge in [-0.15, -0.1) is 11.3 Å². The van der Waals surface area contributed by atoms with Crippen LogP contribution in [0, 0.1) is 10.1 Å². The van der Waals surface area contributed by atoms with Crippen LogP contribution in [-0.2, 0) is 13.0 Å². The molecule has 0 fully saturated rings. The van der Waals surface area contributed by atoms with Crippen LogP contribution in [0.3, 0.4) is 0 Å². The lowest BCUT2D eigenvalue weighted by Crippen LogP contribution is -2.11. The van der Waals surface area contributed by atoms with Crippen LogP contribution in [0.4, 0.5) is 5.95 Å². The van der Waals surface area contributed by atoms with Gasteiger partial charge in [0.25, 0.3) is 4.73 Å². The van der Waals surface area contributed by atoms with Crippen molar-refractivity contribution in [2.24, 2.45) is 0 Å². The SMILES string of the molecule is CCc1ccc(C(=O)Cn2nc([N+](=O)[O-])nc2Br)s1. The smallest absolute Gasteiger partial charge is 0.390 e. The van der Waals surface area contributed by atoms with Gasteiger partial charge in [0.1, 0.15) is 6.54 Å². The number of hydrogen-bond donors (Lipinski definition) is 0. The van der Waals surface area contributed by atoms with Gasteiger partial charge in [-0.3, -0.25) is 4.79 Å². The van der Waals surface area contributed by atoms with Crippen LogP contribution >= 0.6 is 27.3 Å². The van der Waals surface area contributed by atoms with E-state index in [1.165, 1.54) is 16.0 Å².